The first-order valence-corrected chi connectivity index (χ1v) is 9.14. The topological polar surface area (TPSA) is 82.3 Å². The van der Waals surface area contributed by atoms with E-state index in [1.807, 2.05) is 48.7 Å². The van der Waals surface area contributed by atoms with E-state index in [-0.39, 0.29) is 30.0 Å². The van der Waals surface area contributed by atoms with E-state index in [0.29, 0.717) is 17.9 Å². The fourth-order valence-corrected chi connectivity index (χ4v) is 3.42. The number of thioether (sulfide) groups is 1. The summed E-state index contributed by atoms with van der Waals surface area (Å²) in [5, 5.41) is 2.46. The summed E-state index contributed by atoms with van der Waals surface area (Å²) in [5.74, 6) is -0.523. The van der Waals surface area contributed by atoms with Crippen molar-refractivity contribution in [1.29, 1.82) is 0 Å². The molecule has 1 aliphatic heterocycles. The highest BCUT2D eigenvalue weighted by atomic mass is 32.2. The van der Waals surface area contributed by atoms with Gasteiger partial charge in [0.1, 0.15) is 0 Å². The molecule has 2 N–H and O–H groups in total. The van der Waals surface area contributed by atoms with Gasteiger partial charge < -0.3 is 10.3 Å². The molecule has 134 valence electrons. The van der Waals surface area contributed by atoms with Crippen LogP contribution in [-0.2, 0) is 16.0 Å². The van der Waals surface area contributed by atoms with Gasteiger partial charge in [-0.05, 0) is 35.5 Å². The Morgan fingerprint density at radius 2 is 1.96 bits per heavy atom. The molecular formula is C19H19N3O3S. The number of imide groups is 1. The molecule has 1 saturated heterocycles. The van der Waals surface area contributed by atoms with Gasteiger partial charge in [0.15, 0.2) is 0 Å². The third kappa shape index (κ3) is 4.64. The Hall–Kier alpha value is -2.80. The number of carbonyl (C=O) groups excluding carboxylic acids is 3. The summed E-state index contributed by atoms with van der Waals surface area (Å²) >= 11 is 0.907. The maximum absolute atomic E-state index is 12.4. The Morgan fingerprint density at radius 1 is 1.15 bits per heavy atom. The van der Waals surface area contributed by atoms with Crippen molar-refractivity contribution in [2.75, 3.05) is 13.1 Å². The van der Waals surface area contributed by atoms with Crippen LogP contribution in [0.4, 0.5) is 4.79 Å². The second-order valence-electron chi connectivity index (χ2n) is 5.79. The smallest absolute Gasteiger partial charge is 0.293 e. The number of nitrogens with zero attached hydrogens (tertiary/aromatic N) is 1. The summed E-state index contributed by atoms with van der Waals surface area (Å²) in [6.07, 6.45) is 4.34. The van der Waals surface area contributed by atoms with Crippen molar-refractivity contribution in [3.63, 3.8) is 0 Å². The van der Waals surface area contributed by atoms with Gasteiger partial charge in [-0.1, -0.05) is 30.3 Å². The van der Waals surface area contributed by atoms with Gasteiger partial charge in [-0.3, -0.25) is 19.3 Å². The summed E-state index contributed by atoms with van der Waals surface area (Å²) in [5.41, 5.74) is 1.90. The van der Waals surface area contributed by atoms with Gasteiger partial charge in [-0.2, -0.15) is 0 Å². The Kier molecular flexibility index (Phi) is 5.91. The van der Waals surface area contributed by atoms with Crippen LogP contribution >= 0.6 is 11.8 Å². The van der Waals surface area contributed by atoms with Crippen LogP contribution in [0.15, 0.2) is 53.6 Å². The molecule has 0 unspecified atom stereocenters. The Labute approximate surface area is 155 Å². The van der Waals surface area contributed by atoms with Gasteiger partial charge in [-0.25, -0.2) is 0 Å². The Balaban J connectivity index is 1.48. The van der Waals surface area contributed by atoms with E-state index >= 15 is 0 Å². The SMILES string of the molecule is O=C(CCN1C(=O)S/C(=C\c2ccccc2)C1=O)NCCc1ccc[nH]1. The minimum Gasteiger partial charge on any atom is -0.365 e. The van der Waals surface area contributed by atoms with Crippen LogP contribution in [0.1, 0.15) is 17.7 Å². The fraction of sp³-hybridized carbons (Fsp3) is 0.211. The van der Waals surface area contributed by atoms with Crippen LogP contribution in [0.3, 0.4) is 0 Å². The average molecular weight is 369 g/mol. The van der Waals surface area contributed by atoms with E-state index in [1.54, 1.807) is 6.08 Å². The zero-order valence-electron chi connectivity index (χ0n) is 14.1. The van der Waals surface area contributed by atoms with Crippen LogP contribution in [-0.4, -0.2) is 40.0 Å². The highest BCUT2D eigenvalue weighted by Crippen LogP contribution is 2.32. The first kappa shape index (κ1) is 18.0. The van der Waals surface area contributed by atoms with E-state index in [0.717, 1.165) is 27.9 Å². The maximum atomic E-state index is 12.4. The number of nitrogens with one attached hydrogen (secondary N) is 2. The Bertz CT molecular complexity index is 816. The van der Waals surface area contributed by atoms with Crippen LogP contribution in [0, 0.1) is 0 Å². The molecule has 1 fully saturated rings. The third-order valence-corrected chi connectivity index (χ3v) is 4.82. The molecule has 0 saturated carbocycles. The van der Waals surface area contributed by atoms with Crippen molar-refractivity contribution in [2.45, 2.75) is 12.8 Å². The second kappa shape index (κ2) is 8.53. The zero-order chi connectivity index (χ0) is 18.4. The molecule has 0 aliphatic carbocycles. The number of benzene rings is 1. The lowest BCUT2D eigenvalue weighted by atomic mass is 10.2. The summed E-state index contributed by atoms with van der Waals surface area (Å²) in [4.78, 5) is 40.9. The monoisotopic (exact) mass is 369 g/mol. The van der Waals surface area contributed by atoms with Gasteiger partial charge in [0.05, 0.1) is 4.91 Å². The van der Waals surface area contributed by atoms with E-state index in [1.165, 1.54) is 0 Å². The molecule has 6 nitrogen and oxygen atoms in total. The highest BCUT2D eigenvalue weighted by molar-refractivity contribution is 8.18. The van der Waals surface area contributed by atoms with E-state index < -0.39 is 0 Å². The first-order chi connectivity index (χ1) is 12.6. The average Bonchev–Trinajstić information content (AvgIpc) is 3.23. The van der Waals surface area contributed by atoms with Gasteiger partial charge in [0, 0.05) is 37.8 Å². The molecule has 0 radical (unpaired) electrons. The lowest BCUT2D eigenvalue weighted by Gasteiger charge is -2.12. The van der Waals surface area contributed by atoms with Gasteiger partial charge in [-0.15, -0.1) is 0 Å². The number of aromatic nitrogens is 1. The molecule has 0 spiro atoms. The van der Waals surface area contributed by atoms with Gasteiger partial charge in [0.25, 0.3) is 11.1 Å². The molecular weight excluding hydrogens is 350 g/mol. The minimum atomic E-state index is -0.344. The molecule has 1 aromatic heterocycles. The molecule has 7 heteroatoms. The number of amides is 3. The maximum Gasteiger partial charge on any atom is 0.293 e. The van der Waals surface area contributed by atoms with Crippen molar-refractivity contribution in [3.05, 3.63) is 64.8 Å². The van der Waals surface area contributed by atoms with E-state index in [2.05, 4.69) is 10.3 Å². The Morgan fingerprint density at radius 3 is 2.69 bits per heavy atom. The van der Waals surface area contributed by atoms with Crippen LogP contribution < -0.4 is 5.32 Å². The van der Waals surface area contributed by atoms with Crippen molar-refractivity contribution < 1.29 is 14.4 Å². The number of hydrogen-bond donors (Lipinski definition) is 2. The molecule has 3 rings (SSSR count). The number of aromatic amines is 1. The normalized spacial score (nSPS) is 15.7. The van der Waals surface area contributed by atoms with Crippen LogP contribution in [0.25, 0.3) is 6.08 Å². The van der Waals surface area contributed by atoms with E-state index in [4.69, 9.17) is 0 Å². The predicted octanol–water partition coefficient (Wildman–Crippen LogP) is 2.80. The first-order valence-electron chi connectivity index (χ1n) is 8.33. The molecule has 2 heterocycles. The van der Waals surface area contributed by atoms with Crippen LogP contribution in [0.5, 0.6) is 0 Å². The molecule has 1 aliphatic rings. The zero-order valence-corrected chi connectivity index (χ0v) is 14.9. The largest absolute Gasteiger partial charge is 0.365 e. The van der Waals surface area contributed by atoms with Crippen LogP contribution in [0.2, 0.25) is 0 Å². The number of hydrogen-bond acceptors (Lipinski definition) is 4. The number of rotatable bonds is 7. The number of H-pyrrole nitrogens is 1. The molecule has 3 amide bonds. The minimum absolute atomic E-state index is 0.0884. The van der Waals surface area contributed by atoms with Gasteiger partial charge in [0.2, 0.25) is 5.91 Å². The third-order valence-electron chi connectivity index (χ3n) is 3.91. The number of carbonyl (C=O) groups is 3. The fourth-order valence-electron chi connectivity index (χ4n) is 2.55. The van der Waals surface area contributed by atoms with E-state index in [9.17, 15) is 14.4 Å². The van der Waals surface area contributed by atoms with Crippen molar-refractivity contribution in [2.24, 2.45) is 0 Å². The standard InChI is InChI=1S/C19H19N3O3S/c23-17(21-11-8-15-7-4-10-20-15)9-12-22-18(24)16(26-19(22)25)13-14-5-2-1-3-6-14/h1-7,10,13,20H,8-9,11-12H2,(H,21,23)/b16-13-. The second-order valence-corrected chi connectivity index (χ2v) is 6.78. The van der Waals surface area contributed by atoms with Gasteiger partial charge >= 0.3 is 0 Å². The lowest BCUT2D eigenvalue weighted by Crippen LogP contribution is -2.34. The summed E-state index contributed by atoms with van der Waals surface area (Å²) in [6.45, 7) is 0.598. The quantitative estimate of drug-likeness (QED) is 0.735. The molecule has 0 atom stereocenters. The molecule has 0 bridgehead atoms. The predicted molar refractivity (Wildman–Crippen MR) is 101 cm³/mol. The van der Waals surface area contributed by atoms with Crippen molar-refractivity contribution in [1.82, 2.24) is 15.2 Å². The highest BCUT2D eigenvalue weighted by Gasteiger charge is 2.34. The lowest BCUT2D eigenvalue weighted by molar-refractivity contribution is -0.124. The summed E-state index contributed by atoms with van der Waals surface area (Å²) in [7, 11) is 0. The van der Waals surface area contributed by atoms with Crippen molar-refractivity contribution in [3.8, 4) is 0 Å². The summed E-state index contributed by atoms with van der Waals surface area (Å²) < 4.78 is 0. The molecule has 26 heavy (non-hydrogen) atoms. The van der Waals surface area contributed by atoms with Crippen molar-refractivity contribution >= 4 is 34.9 Å². The summed E-state index contributed by atoms with van der Waals surface area (Å²) in [6, 6.07) is 13.2. The molecule has 2 aromatic rings. The molecule has 1 aromatic carbocycles.